The fourth-order valence-electron chi connectivity index (χ4n) is 5.89. The van der Waals surface area contributed by atoms with Crippen LogP contribution in [0.2, 0.25) is 0 Å². The van der Waals surface area contributed by atoms with Crippen LogP contribution in [0.5, 0.6) is 0 Å². The van der Waals surface area contributed by atoms with Gasteiger partial charge in [-0.15, -0.1) is 0 Å². The molecule has 0 aromatic heterocycles. The Bertz CT molecular complexity index is 780. The molecule has 0 rings (SSSR count). The van der Waals surface area contributed by atoms with Crippen molar-refractivity contribution in [2.75, 3.05) is 104 Å². The molecular formula is C36H80N2O14S2. The van der Waals surface area contributed by atoms with Gasteiger partial charge in [0.25, 0.3) is 0 Å². The zero-order chi connectivity index (χ0) is 40.8. The number of hydrogen-bond donors (Lipinski definition) is 10. The minimum Gasteiger partial charge on any atom is -0.389 e. The minimum absolute atomic E-state index is 0.0540. The fourth-order valence-corrected chi connectivity index (χ4v) is 6.90. The first-order valence-electron chi connectivity index (χ1n) is 20.0. The fraction of sp³-hybridized carbons (Fsp3) is 1.00. The van der Waals surface area contributed by atoms with Crippen LogP contribution >= 0.6 is 21.7 Å². The molecule has 0 fully saturated rings. The lowest BCUT2D eigenvalue weighted by Crippen LogP contribution is -2.47. The Morgan fingerprint density at radius 3 is 1.04 bits per heavy atom. The van der Waals surface area contributed by atoms with Crippen LogP contribution in [0.3, 0.4) is 0 Å². The molecule has 16 nitrogen and oxygen atoms in total. The van der Waals surface area contributed by atoms with Crippen LogP contribution in [0, 0.1) is 11.8 Å². The summed E-state index contributed by atoms with van der Waals surface area (Å²) in [6.07, 6.45) is 5.36. The maximum atomic E-state index is 11.0. The van der Waals surface area contributed by atoms with Gasteiger partial charge in [0.2, 0.25) is 0 Å². The lowest BCUT2D eigenvalue weighted by molar-refractivity contribution is -0.0284. The van der Waals surface area contributed by atoms with Gasteiger partial charge < -0.3 is 66.7 Å². The molecule has 6 atom stereocenters. The Balaban J connectivity index is 5.54. The number of hydrogen-bond acceptors (Lipinski definition) is 16. The molecule has 0 saturated heterocycles. The van der Waals surface area contributed by atoms with Crippen molar-refractivity contribution in [2.24, 2.45) is 11.8 Å². The van der Waals surface area contributed by atoms with Gasteiger partial charge in [0.1, 0.15) is 0 Å². The SMILES string of the molecule is CCCCC(CC)COCC(O)CN(CCN(CC(O)COCCCS(O)(O)O)CC(O)COCC(CC)CCCC)CC(O)COCCCS(O)(O)O. The van der Waals surface area contributed by atoms with Crippen molar-refractivity contribution in [2.45, 2.75) is 116 Å². The molecular weight excluding hydrogens is 749 g/mol. The van der Waals surface area contributed by atoms with Crippen molar-refractivity contribution in [1.29, 1.82) is 0 Å². The van der Waals surface area contributed by atoms with Crippen molar-refractivity contribution in [1.82, 2.24) is 9.80 Å². The molecule has 6 unspecified atom stereocenters. The highest BCUT2D eigenvalue weighted by Gasteiger charge is 2.22. The number of aliphatic hydroxyl groups excluding tert-OH is 4. The second kappa shape index (κ2) is 33.0. The highest BCUT2D eigenvalue weighted by Crippen LogP contribution is 2.33. The Kier molecular flexibility index (Phi) is 33.0. The molecule has 0 radical (unpaired) electrons. The third-order valence-corrected chi connectivity index (χ3v) is 10.7. The molecule has 0 aromatic rings. The van der Waals surface area contributed by atoms with Crippen molar-refractivity contribution in [3.05, 3.63) is 0 Å². The van der Waals surface area contributed by atoms with Crippen LogP contribution in [-0.4, -0.2) is 186 Å². The molecule has 0 aliphatic heterocycles. The number of ether oxygens (including phenoxy) is 4. The number of rotatable bonds is 39. The average molecular weight is 829 g/mol. The minimum atomic E-state index is -3.61. The summed E-state index contributed by atoms with van der Waals surface area (Å²) in [6.45, 7) is 11.3. The van der Waals surface area contributed by atoms with E-state index >= 15 is 0 Å². The standard InChI is InChI=1S/C36H80N2O14S2/c1-5-9-13-31(7-3)25-51-29-35(41)23-37(21-33(39)27-49-17-11-19-53(43,44)45)15-16-38(22-34(40)28-50-18-12-20-54(46,47)48)24-36(42)30-52-26-32(8-4)14-10-6-2/h31-36,39-48H,5-30H2,1-4H3. The van der Waals surface area contributed by atoms with Gasteiger partial charge in [-0.3, -0.25) is 9.80 Å². The molecule has 0 aliphatic carbocycles. The summed E-state index contributed by atoms with van der Waals surface area (Å²) >= 11 is 0. The number of unbranched alkanes of at least 4 members (excludes halogenated alkanes) is 2. The monoisotopic (exact) mass is 829 g/mol. The van der Waals surface area contributed by atoms with Gasteiger partial charge in [-0.25, -0.2) is 0 Å². The van der Waals surface area contributed by atoms with Crippen molar-refractivity contribution in [3.63, 3.8) is 0 Å². The van der Waals surface area contributed by atoms with Crippen molar-refractivity contribution < 1.29 is 66.7 Å². The summed E-state index contributed by atoms with van der Waals surface area (Å²) in [5, 5.41) is 43.6. The lowest BCUT2D eigenvalue weighted by atomic mass is 10.0. The molecule has 0 saturated carbocycles. The molecule has 0 bridgehead atoms. The van der Waals surface area contributed by atoms with Crippen LogP contribution in [0.1, 0.15) is 91.9 Å². The van der Waals surface area contributed by atoms with E-state index in [1.807, 2.05) is 9.80 Å². The van der Waals surface area contributed by atoms with E-state index in [-0.39, 0.29) is 90.2 Å². The molecule has 0 aromatic carbocycles. The zero-order valence-corrected chi connectivity index (χ0v) is 35.3. The first-order chi connectivity index (χ1) is 25.5. The van der Waals surface area contributed by atoms with E-state index < -0.39 is 46.2 Å². The Labute approximate surface area is 329 Å². The van der Waals surface area contributed by atoms with Gasteiger partial charge in [-0.05, 0) is 37.5 Å². The molecule has 0 heterocycles. The number of nitrogens with zero attached hydrogens (tertiary/aromatic N) is 2. The zero-order valence-electron chi connectivity index (χ0n) is 33.7. The van der Waals surface area contributed by atoms with E-state index in [1.165, 1.54) is 0 Å². The predicted molar refractivity (Wildman–Crippen MR) is 217 cm³/mol. The topological polar surface area (TPSA) is 246 Å². The highest BCUT2D eigenvalue weighted by molar-refractivity contribution is 8.19. The average Bonchev–Trinajstić information content (AvgIpc) is 3.08. The summed E-state index contributed by atoms with van der Waals surface area (Å²) in [7, 11) is -7.22. The number of aliphatic hydroxyl groups is 4. The summed E-state index contributed by atoms with van der Waals surface area (Å²) in [4.78, 5) is 3.73. The Morgan fingerprint density at radius 1 is 0.444 bits per heavy atom. The van der Waals surface area contributed by atoms with Crippen molar-refractivity contribution in [3.8, 4) is 0 Å². The lowest BCUT2D eigenvalue weighted by Gasteiger charge is -2.32. The van der Waals surface area contributed by atoms with E-state index in [0.717, 1.165) is 51.4 Å². The Hall–Kier alpha value is 0.0600. The van der Waals surface area contributed by atoms with E-state index in [9.17, 15) is 20.4 Å². The van der Waals surface area contributed by atoms with Gasteiger partial charge in [0.15, 0.2) is 0 Å². The van der Waals surface area contributed by atoms with Crippen LogP contribution in [0.15, 0.2) is 0 Å². The highest BCUT2D eigenvalue weighted by atomic mass is 32.3. The molecule has 330 valence electrons. The smallest absolute Gasteiger partial charge is 0.0900 e. The van der Waals surface area contributed by atoms with Crippen LogP contribution in [0.4, 0.5) is 0 Å². The molecule has 18 heteroatoms. The first-order valence-corrected chi connectivity index (χ1v) is 23.3. The van der Waals surface area contributed by atoms with E-state index in [0.29, 0.717) is 38.1 Å². The maximum Gasteiger partial charge on any atom is 0.0900 e. The van der Waals surface area contributed by atoms with Gasteiger partial charge in [0, 0.05) is 77.2 Å². The van der Waals surface area contributed by atoms with Gasteiger partial charge in [0.05, 0.1) is 72.6 Å². The van der Waals surface area contributed by atoms with Crippen LogP contribution < -0.4 is 0 Å². The third-order valence-electron chi connectivity index (χ3n) is 9.06. The first kappa shape index (κ1) is 54.1. The van der Waals surface area contributed by atoms with Crippen molar-refractivity contribution >= 4 is 21.7 Å². The van der Waals surface area contributed by atoms with Crippen LogP contribution in [0.25, 0.3) is 0 Å². The molecule has 54 heavy (non-hydrogen) atoms. The normalized spacial score (nSPS) is 16.8. The summed E-state index contributed by atoms with van der Waals surface area (Å²) < 4.78 is 77.7. The second-order valence-electron chi connectivity index (χ2n) is 14.6. The molecule has 0 aliphatic rings. The Morgan fingerprint density at radius 2 is 0.759 bits per heavy atom. The quantitative estimate of drug-likeness (QED) is 0.0376. The van der Waals surface area contributed by atoms with Crippen LogP contribution in [-0.2, 0) is 18.9 Å². The molecule has 0 spiro atoms. The second-order valence-corrected chi connectivity index (χ2v) is 17.9. The third kappa shape index (κ3) is 34.1. The van der Waals surface area contributed by atoms with Gasteiger partial charge in [-0.2, -0.15) is 0 Å². The molecule has 10 N–H and O–H groups in total. The molecule has 0 amide bonds. The van der Waals surface area contributed by atoms with E-state index in [4.69, 9.17) is 46.3 Å². The summed E-state index contributed by atoms with van der Waals surface area (Å²) in [5.41, 5.74) is 0. The van der Waals surface area contributed by atoms with E-state index in [2.05, 4.69) is 27.7 Å². The maximum absolute atomic E-state index is 11.0. The van der Waals surface area contributed by atoms with Gasteiger partial charge in [-0.1, -0.05) is 66.2 Å². The van der Waals surface area contributed by atoms with Gasteiger partial charge >= 0.3 is 0 Å². The summed E-state index contributed by atoms with van der Waals surface area (Å²) in [6, 6.07) is 0. The summed E-state index contributed by atoms with van der Waals surface area (Å²) in [5.74, 6) is 0.379. The van der Waals surface area contributed by atoms with E-state index in [1.54, 1.807) is 0 Å². The predicted octanol–water partition coefficient (Wildman–Crippen LogP) is 4.76. The largest absolute Gasteiger partial charge is 0.389 e.